The maximum absolute atomic E-state index is 15.1. The topological polar surface area (TPSA) is 108 Å². The Hall–Kier alpha value is -4.67. The number of hydrogen-bond acceptors (Lipinski definition) is 6. The van der Waals surface area contributed by atoms with E-state index in [9.17, 15) is 14.7 Å². The molecule has 0 aliphatic carbocycles. The average Bonchev–Trinajstić information content (AvgIpc) is 3.16. The number of anilines is 1. The highest BCUT2D eigenvalue weighted by molar-refractivity contribution is 6.05. The summed E-state index contributed by atoms with van der Waals surface area (Å²) < 4.78 is 29.6. The molecule has 0 atom stereocenters. The van der Waals surface area contributed by atoms with Gasteiger partial charge in [-0.3, -0.25) is 19.3 Å². The number of para-hydroxylation sites is 1. The normalized spacial score (nSPS) is 11.2. The Balaban J connectivity index is 0.00000405. The number of aliphatic hydroxyl groups is 1. The average molecular weight is 593 g/mol. The van der Waals surface area contributed by atoms with Crippen LogP contribution in [0.5, 0.6) is 17.2 Å². The number of benzene rings is 3. The molecular formula is C31H30ClFN4O5. The van der Waals surface area contributed by atoms with Crippen molar-refractivity contribution in [1.82, 2.24) is 14.3 Å². The molecule has 0 fully saturated rings. The molecule has 9 nitrogen and oxygen atoms in total. The third-order valence-electron chi connectivity index (χ3n) is 6.46. The van der Waals surface area contributed by atoms with Gasteiger partial charge in [0.15, 0.2) is 11.6 Å². The molecule has 0 spiro atoms. The number of aromatic nitrogens is 3. The van der Waals surface area contributed by atoms with Crippen LogP contribution in [0.4, 0.5) is 10.1 Å². The standard InChI is InChI=1S/C31H29FN4O5.ClH/c1-19-28(30(38)36(35(19)4)21-8-6-5-7-9-21)29(37)34-20-10-13-27(24(32)16-20)41-26-14-15-33-25-17-22(11-12-23(25)26)40-18-31(2,3)39;/h5-17,39H,18H2,1-4H3,(H,34,37);1H. The predicted molar refractivity (Wildman–Crippen MR) is 161 cm³/mol. The minimum atomic E-state index is -0.988. The van der Waals surface area contributed by atoms with E-state index in [-0.39, 0.29) is 36.0 Å². The van der Waals surface area contributed by atoms with Crippen molar-refractivity contribution in [2.45, 2.75) is 26.4 Å². The molecule has 5 rings (SSSR count). The van der Waals surface area contributed by atoms with Crippen LogP contribution in [0.15, 0.2) is 83.8 Å². The second kappa shape index (κ2) is 12.1. The first-order valence-electron chi connectivity index (χ1n) is 12.9. The van der Waals surface area contributed by atoms with Gasteiger partial charge >= 0.3 is 0 Å². The lowest BCUT2D eigenvalue weighted by Crippen LogP contribution is -2.27. The monoisotopic (exact) mass is 592 g/mol. The van der Waals surface area contributed by atoms with Gasteiger partial charge in [-0.25, -0.2) is 9.07 Å². The molecule has 3 aromatic carbocycles. The van der Waals surface area contributed by atoms with Crippen LogP contribution in [-0.2, 0) is 7.05 Å². The highest BCUT2D eigenvalue weighted by atomic mass is 35.5. The Morgan fingerprint density at radius 1 is 1.05 bits per heavy atom. The van der Waals surface area contributed by atoms with E-state index < -0.39 is 22.9 Å². The summed E-state index contributed by atoms with van der Waals surface area (Å²) in [6.45, 7) is 5.08. The first-order valence-corrected chi connectivity index (χ1v) is 12.9. The molecule has 2 N–H and O–H groups in total. The van der Waals surface area contributed by atoms with Gasteiger partial charge in [0.25, 0.3) is 11.5 Å². The Kier molecular flexibility index (Phi) is 8.70. The number of carbonyl (C=O) groups excluding carboxylic acids is 1. The number of nitrogens with one attached hydrogen (secondary N) is 1. The Morgan fingerprint density at radius 2 is 1.79 bits per heavy atom. The van der Waals surface area contributed by atoms with Gasteiger partial charge in [0.1, 0.15) is 23.7 Å². The fourth-order valence-corrected chi connectivity index (χ4v) is 4.34. The minimum absolute atomic E-state index is 0. The zero-order valence-corrected chi connectivity index (χ0v) is 24.2. The molecule has 11 heteroatoms. The zero-order chi connectivity index (χ0) is 29.3. The summed E-state index contributed by atoms with van der Waals surface area (Å²) >= 11 is 0. The lowest BCUT2D eigenvalue weighted by Gasteiger charge is -2.18. The van der Waals surface area contributed by atoms with Crippen molar-refractivity contribution in [3.63, 3.8) is 0 Å². The van der Waals surface area contributed by atoms with Gasteiger partial charge in [-0.05, 0) is 63.2 Å². The molecule has 0 aliphatic rings. The lowest BCUT2D eigenvalue weighted by atomic mass is 10.1. The van der Waals surface area contributed by atoms with E-state index in [4.69, 9.17) is 9.47 Å². The second-order valence-electron chi connectivity index (χ2n) is 10.2. The first kappa shape index (κ1) is 30.3. The zero-order valence-electron chi connectivity index (χ0n) is 23.4. The number of nitrogens with zero attached hydrogens (tertiary/aromatic N) is 3. The molecular weight excluding hydrogens is 563 g/mol. The summed E-state index contributed by atoms with van der Waals surface area (Å²) in [5, 5.41) is 13.1. The molecule has 0 unspecified atom stereocenters. The van der Waals surface area contributed by atoms with E-state index >= 15 is 4.39 Å². The van der Waals surface area contributed by atoms with Crippen LogP contribution < -0.4 is 20.3 Å². The van der Waals surface area contributed by atoms with Gasteiger partial charge in [0, 0.05) is 36.5 Å². The molecule has 5 aromatic rings. The maximum Gasteiger partial charge on any atom is 0.284 e. The van der Waals surface area contributed by atoms with Gasteiger partial charge in [-0.1, -0.05) is 18.2 Å². The molecule has 0 radical (unpaired) electrons. The summed E-state index contributed by atoms with van der Waals surface area (Å²) in [6, 6.07) is 19.8. The van der Waals surface area contributed by atoms with Gasteiger partial charge < -0.3 is 19.9 Å². The van der Waals surface area contributed by atoms with Crippen LogP contribution in [0.3, 0.4) is 0 Å². The van der Waals surface area contributed by atoms with Crippen molar-refractivity contribution < 1.29 is 23.8 Å². The second-order valence-corrected chi connectivity index (χ2v) is 10.2. The van der Waals surface area contributed by atoms with Gasteiger partial charge in [0.2, 0.25) is 0 Å². The molecule has 2 heterocycles. The number of carbonyl (C=O) groups is 1. The number of halogens is 2. The fraction of sp³-hybridized carbons (Fsp3) is 0.194. The van der Waals surface area contributed by atoms with Crippen molar-refractivity contribution in [3.8, 4) is 22.9 Å². The van der Waals surface area contributed by atoms with Crippen LogP contribution in [-0.4, -0.2) is 37.6 Å². The van der Waals surface area contributed by atoms with Crippen molar-refractivity contribution in [2.75, 3.05) is 11.9 Å². The van der Waals surface area contributed by atoms with Gasteiger partial charge in [0.05, 0.1) is 22.5 Å². The fourth-order valence-electron chi connectivity index (χ4n) is 4.34. The maximum atomic E-state index is 15.1. The van der Waals surface area contributed by atoms with Crippen LogP contribution in [0.1, 0.15) is 29.9 Å². The van der Waals surface area contributed by atoms with E-state index in [0.717, 1.165) is 6.07 Å². The van der Waals surface area contributed by atoms with Crippen molar-refractivity contribution in [2.24, 2.45) is 7.05 Å². The largest absolute Gasteiger partial charge is 0.491 e. The number of hydrogen-bond donors (Lipinski definition) is 2. The summed E-state index contributed by atoms with van der Waals surface area (Å²) in [6.07, 6.45) is 1.54. The predicted octanol–water partition coefficient (Wildman–Crippen LogP) is 5.79. The third-order valence-corrected chi connectivity index (χ3v) is 6.46. The number of pyridine rings is 1. The van der Waals surface area contributed by atoms with Crippen molar-refractivity contribution >= 4 is 34.9 Å². The molecule has 0 aliphatic heterocycles. The highest BCUT2D eigenvalue weighted by Crippen LogP contribution is 2.33. The summed E-state index contributed by atoms with van der Waals surface area (Å²) in [5.74, 6) is -0.501. The smallest absolute Gasteiger partial charge is 0.284 e. The highest BCUT2D eigenvalue weighted by Gasteiger charge is 2.23. The number of rotatable bonds is 8. The molecule has 0 bridgehead atoms. The summed E-state index contributed by atoms with van der Waals surface area (Å²) in [4.78, 5) is 30.6. The SMILES string of the molecule is Cc1c(C(=O)Nc2ccc(Oc3ccnc4cc(OCC(C)(C)O)ccc34)c(F)c2)c(=O)n(-c2ccccc2)n1C.Cl. The molecule has 0 saturated carbocycles. The Labute approximate surface area is 247 Å². The number of amides is 1. The number of fused-ring (bicyclic) bond motifs is 1. The van der Waals surface area contributed by atoms with Crippen LogP contribution in [0.25, 0.3) is 16.6 Å². The van der Waals surface area contributed by atoms with E-state index in [1.165, 1.54) is 23.0 Å². The molecule has 218 valence electrons. The van der Waals surface area contributed by atoms with Crippen molar-refractivity contribution in [1.29, 1.82) is 0 Å². The van der Waals surface area contributed by atoms with Gasteiger partial charge in [-0.2, -0.15) is 0 Å². The molecule has 1 amide bonds. The summed E-state index contributed by atoms with van der Waals surface area (Å²) in [5.41, 5.74) is 0.323. The van der Waals surface area contributed by atoms with E-state index in [0.29, 0.717) is 33.8 Å². The van der Waals surface area contributed by atoms with E-state index in [1.54, 1.807) is 81.0 Å². The molecule has 0 saturated heterocycles. The van der Waals surface area contributed by atoms with Crippen LogP contribution in [0.2, 0.25) is 0 Å². The first-order chi connectivity index (χ1) is 19.5. The lowest BCUT2D eigenvalue weighted by molar-refractivity contribution is 0.0285. The van der Waals surface area contributed by atoms with E-state index in [2.05, 4.69) is 10.3 Å². The summed E-state index contributed by atoms with van der Waals surface area (Å²) in [7, 11) is 1.69. The van der Waals surface area contributed by atoms with Crippen molar-refractivity contribution in [3.05, 3.63) is 106 Å². The quantitative estimate of drug-likeness (QED) is 0.236. The van der Waals surface area contributed by atoms with Gasteiger partial charge in [-0.15, -0.1) is 12.4 Å². The van der Waals surface area contributed by atoms with E-state index in [1.807, 2.05) is 6.07 Å². The molecule has 42 heavy (non-hydrogen) atoms. The van der Waals surface area contributed by atoms with Crippen LogP contribution >= 0.6 is 12.4 Å². The Bertz CT molecular complexity index is 1810. The number of ether oxygens (including phenoxy) is 2. The minimum Gasteiger partial charge on any atom is -0.491 e. The third kappa shape index (κ3) is 6.29. The Morgan fingerprint density at radius 3 is 2.48 bits per heavy atom. The molecule has 2 aromatic heterocycles. The van der Waals surface area contributed by atoms with Crippen LogP contribution in [0, 0.1) is 12.7 Å².